The number of aryl methyl sites for hydroxylation is 1. The van der Waals surface area contributed by atoms with Crippen molar-refractivity contribution in [1.29, 1.82) is 0 Å². The van der Waals surface area contributed by atoms with Gasteiger partial charge in [-0.05, 0) is 31.9 Å². The van der Waals surface area contributed by atoms with Gasteiger partial charge in [-0.25, -0.2) is 21.5 Å². The zero-order valence-corrected chi connectivity index (χ0v) is 19.9. The summed E-state index contributed by atoms with van der Waals surface area (Å²) in [5.41, 5.74) is 3.35. The average molecular weight is 481 g/mol. The SMILES string of the molecule is CCc1c(C(=O)N2CCN(S(=O)(=O)C3CCS(=O)(=O)C3)CC2)cnn1-c1ccc(C)cc1. The van der Waals surface area contributed by atoms with E-state index in [2.05, 4.69) is 5.10 Å². The van der Waals surface area contributed by atoms with Crippen LogP contribution in [0, 0.1) is 6.92 Å². The molecule has 0 spiro atoms. The summed E-state index contributed by atoms with van der Waals surface area (Å²) in [6.07, 6.45) is 2.34. The van der Waals surface area contributed by atoms with Crippen molar-refractivity contribution in [3.8, 4) is 5.69 Å². The lowest BCUT2D eigenvalue weighted by Gasteiger charge is -2.35. The van der Waals surface area contributed by atoms with Crippen LogP contribution in [0.4, 0.5) is 0 Å². The normalized spacial score (nSPS) is 21.7. The molecule has 2 fully saturated rings. The predicted octanol–water partition coefficient (Wildman–Crippen LogP) is 1.02. The number of sulfonamides is 1. The molecular weight excluding hydrogens is 452 g/mol. The van der Waals surface area contributed by atoms with Gasteiger partial charge in [0.1, 0.15) is 0 Å². The quantitative estimate of drug-likeness (QED) is 0.632. The summed E-state index contributed by atoms with van der Waals surface area (Å²) in [6, 6.07) is 7.91. The molecule has 0 radical (unpaired) electrons. The lowest BCUT2D eigenvalue weighted by Crippen LogP contribution is -2.52. The van der Waals surface area contributed by atoms with E-state index in [1.54, 1.807) is 15.8 Å². The minimum absolute atomic E-state index is 0.0832. The summed E-state index contributed by atoms with van der Waals surface area (Å²) in [4.78, 5) is 14.8. The Morgan fingerprint density at radius 3 is 2.34 bits per heavy atom. The number of benzene rings is 1. The van der Waals surface area contributed by atoms with E-state index in [-0.39, 0.29) is 50.0 Å². The largest absolute Gasteiger partial charge is 0.336 e. The number of piperazine rings is 1. The molecule has 0 N–H and O–H groups in total. The van der Waals surface area contributed by atoms with Crippen LogP contribution >= 0.6 is 0 Å². The van der Waals surface area contributed by atoms with E-state index in [0.717, 1.165) is 16.9 Å². The first-order valence-electron chi connectivity index (χ1n) is 10.7. The third-order valence-electron chi connectivity index (χ3n) is 6.21. The number of aromatic nitrogens is 2. The number of sulfone groups is 1. The van der Waals surface area contributed by atoms with Crippen LogP contribution in [-0.4, -0.2) is 84.7 Å². The molecular formula is C21H28N4O5S2. The number of carbonyl (C=O) groups excluding carboxylic acids is 1. The second-order valence-electron chi connectivity index (χ2n) is 8.37. The monoisotopic (exact) mass is 480 g/mol. The minimum Gasteiger partial charge on any atom is -0.336 e. The Balaban J connectivity index is 1.46. The van der Waals surface area contributed by atoms with Gasteiger partial charge in [-0.1, -0.05) is 24.6 Å². The van der Waals surface area contributed by atoms with Crippen molar-refractivity contribution < 1.29 is 21.6 Å². The molecule has 1 aromatic heterocycles. The summed E-state index contributed by atoms with van der Waals surface area (Å²) in [6.45, 7) is 4.83. The summed E-state index contributed by atoms with van der Waals surface area (Å²) in [7, 11) is -6.98. The van der Waals surface area contributed by atoms with Gasteiger partial charge < -0.3 is 4.90 Å². The molecule has 9 nitrogen and oxygen atoms in total. The summed E-state index contributed by atoms with van der Waals surface area (Å²) in [5, 5.41) is 3.55. The van der Waals surface area contributed by atoms with Crippen LogP contribution in [0.2, 0.25) is 0 Å². The van der Waals surface area contributed by atoms with Crippen LogP contribution in [0.5, 0.6) is 0 Å². The average Bonchev–Trinajstić information content (AvgIpc) is 3.37. The molecule has 2 aliphatic heterocycles. The fourth-order valence-corrected chi connectivity index (χ4v) is 8.84. The van der Waals surface area contributed by atoms with Gasteiger partial charge in [0.15, 0.2) is 9.84 Å². The third kappa shape index (κ3) is 4.33. The first-order chi connectivity index (χ1) is 15.1. The molecule has 1 unspecified atom stereocenters. The number of hydrogen-bond acceptors (Lipinski definition) is 6. The maximum absolute atomic E-state index is 13.2. The van der Waals surface area contributed by atoms with E-state index in [1.165, 1.54) is 4.31 Å². The minimum atomic E-state index is -3.70. The van der Waals surface area contributed by atoms with Gasteiger partial charge in [-0.3, -0.25) is 4.79 Å². The molecule has 11 heteroatoms. The Kier molecular flexibility index (Phi) is 6.17. The Labute approximate surface area is 189 Å². The topological polar surface area (TPSA) is 110 Å². The second kappa shape index (κ2) is 8.60. The van der Waals surface area contributed by atoms with Crippen molar-refractivity contribution >= 4 is 25.8 Å². The van der Waals surface area contributed by atoms with Crippen molar-refractivity contribution in [2.45, 2.75) is 31.9 Å². The van der Waals surface area contributed by atoms with E-state index in [4.69, 9.17) is 0 Å². The molecule has 4 rings (SSSR count). The third-order valence-corrected chi connectivity index (χ3v) is 10.5. The van der Waals surface area contributed by atoms with Gasteiger partial charge in [0, 0.05) is 26.2 Å². The smallest absolute Gasteiger partial charge is 0.257 e. The van der Waals surface area contributed by atoms with Gasteiger partial charge in [0.05, 0.1) is 39.9 Å². The Morgan fingerprint density at radius 2 is 1.78 bits per heavy atom. The van der Waals surface area contributed by atoms with Crippen LogP contribution in [0.1, 0.15) is 35.0 Å². The van der Waals surface area contributed by atoms with Crippen molar-refractivity contribution in [3.63, 3.8) is 0 Å². The van der Waals surface area contributed by atoms with Crippen LogP contribution in [0.15, 0.2) is 30.5 Å². The molecule has 2 aromatic rings. The van der Waals surface area contributed by atoms with Gasteiger partial charge in [-0.15, -0.1) is 0 Å². The van der Waals surface area contributed by atoms with E-state index < -0.39 is 25.1 Å². The standard InChI is InChI=1S/C21H28N4O5S2/c1-3-20-19(14-22-25(20)17-6-4-16(2)5-7-17)21(26)23-9-11-24(12-10-23)32(29,30)18-8-13-31(27,28)15-18/h4-7,14,18H,3,8-13,15H2,1-2H3. The molecule has 1 atom stereocenters. The Bertz CT molecular complexity index is 1210. The maximum atomic E-state index is 13.2. The van der Waals surface area contributed by atoms with E-state index in [1.807, 2.05) is 38.1 Å². The fraction of sp³-hybridized carbons (Fsp3) is 0.524. The molecule has 2 saturated heterocycles. The molecule has 1 amide bonds. The number of rotatable bonds is 5. The lowest BCUT2D eigenvalue weighted by atomic mass is 10.1. The zero-order chi connectivity index (χ0) is 23.1. The molecule has 0 bridgehead atoms. The molecule has 3 heterocycles. The van der Waals surface area contributed by atoms with E-state index in [0.29, 0.717) is 12.0 Å². The number of amides is 1. The van der Waals surface area contributed by atoms with Crippen molar-refractivity contribution in [1.82, 2.24) is 19.0 Å². The van der Waals surface area contributed by atoms with Crippen molar-refractivity contribution in [2.24, 2.45) is 0 Å². The van der Waals surface area contributed by atoms with Crippen LogP contribution in [-0.2, 0) is 26.3 Å². The molecule has 32 heavy (non-hydrogen) atoms. The van der Waals surface area contributed by atoms with Crippen molar-refractivity contribution in [2.75, 3.05) is 37.7 Å². The lowest BCUT2D eigenvalue weighted by molar-refractivity contribution is 0.0696. The van der Waals surface area contributed by atoms with E-state index in [9.17, 15) is 21.6 Å². The van der Waals surface area contributed by atoms with Crippen LogP contribution < -0.4 is 0 Å². The summed E-state index contributed by atoms with van der Waals surface area (Å²) in [5.74, 6) is -0.562. The fourth-order valence-electron chi connectivity index (χ4n) is 4.32. The maximum Gasteiger partial charge on any atom is 0.257 e. The first kappa shape index (κ1) is 22.9. The van der Waals surface area contributed by atoms with Crippen LogP contribution in [0.25, 0.3) is 5.69 Å². The molecule has 1 aromatic carbocycles. The Morgan fingerprint density at radius 1 is 1.12 bits per heavy atom. The molecule has 174 valence electrons. The summed E-state index contributed by atoms with van der Waals surface area (Å²) < 4.78 is 52.2. The van der Waals surface area contributed by atoms with Crippen LogP contribution in [0.3, 0.4) is 0 Å². The molecule has 0 saturated carbocycles. The first-order valence-corrected chi connectivity index (χ1v) is 14.1. The molecule has 0 aliphatic carbocycles. The zero-order valence-electron chi connectivity index (χ0n) is 18.3. The van der Waals surface area contributed by atoms with E-state index >= 15 is 0 Å². The highest BCUT2D eigenvalue weighted by atomic mass is 32.2. The highest BCUT2D eigenvalue weighted by molar-refractivity contribution is 7.95. The number of nitrogens with zero attached hydrogens (tertiary/aromatic N) is 4. The van der Waals surface area contributed by atoms with Gasteiger partial charge in [0.2, 0.25) is 10.0 Å². The number of hydrogen-bond donors (Lipinski definition) is 0. The Hall–Kier alpha value is -2.24. The van der Waals surface area contributed by atoms with Gasteiger partial charge in [-0.2, -0.15) is 9.40 Å². The number of carbonyl (C=O) groups is 1. The highest BCUT2D eigenvalue weighted by Crippen LogP contribution is 2.24. The van der Waals surface area contributed by atoms with Gasteiger partial charge >= 0.3 is 0 Å². The molecule has 2 aliphatic rings. The predicted molar refractivity (Wildman–Crippen MR) is 121 cm³/mol. The summed E-state index contributed by atoms with van der Waals surface area (Å²) >= 11 is 0. The van der Waals surface area contributed by atoms with Gasteiger partial charge in [0.25, 0.3) is 5.91 Å². The highest BCUT2D eigenvalue weighted by Gasteiger charge is 2.41. The second-order valence-corrected chi connectivity index (χ2v) is 12.8. The van der Waals surface area contributed by atoms with Crippen molar-refractivity contribution in [3.05, 3.63) is 47.3 Å².